The predicted octanol–water partition coefficient (Wildman–Crippen LogP) is 4.11. The van der Waals surface area contributed by atoms with Gasteiger partial charge >= 0.3 is 0 Å². The first-order valence-corrected chi connectivity index (χ1v) is 6.22. The van der Waals surface area contributed by atoms with Crippen LogP contribution in [0.1, 0.15) is 71.6 Å². The van der Waals surface area contributed by atoms with Crippen molar-refractivity contribution in [2.24, 2.45) is 0 Å². The summed E-state index contributed by atoms with van der Waals surface area (Å²) in [6.45, 7) is 3.88. The van der Waals surface area contributed by atoms with E-state index in [4.69, 9.17) is 0 Å². The van der Waals surface area contributed by atoms with Crippen molar-refractivity contribution in [2.75, 3.05) is 0 Å². The Morgan fingerprint density at radius 1 is 0.933 bits per heavy atom. The molecule has 0 saturated heterocycles. The van der Waals surface area contributed by atoms with Gasteiger partial charge in [-0.05, 0) is 26.2 Å². The van der Waals surface area contributed by atoms with Crippen LogP contribution in [-0.2, 0) is 4.79 Å². The lowest BCUT2D eigenvalue weighted by Gasteiger charge is -1.93. The molecule has 86 valence electrons. The maximum Gasteiger partial charge on any atom is 0.129 e. The Bertz CT molecular complexity index is 207. The van der Waals surface area contributed by atoms with Crippen molar-refractivity contribution in [3.63, 3.8) is 0 Å². The zero-order valence-corrected chi connectivity index (χ0v) is 10.3. The number of hydrogen-bond acceptors (Lipinski definition) is 1. The molecule has 0 aliphatic heterocycles. The van der Waals surface area contributed by atoms with Crippen LogP contribution in [0.3, 0.4) is 0 Å². The van der Waals surface area contributed by atoms with Gasteiger partial charge in [0.25, 0.3) is 0 Å². The Morgan fingerprint density at radius 2 is 1.53 bits per heavy atom. The van der Waals surface area contributed by atoms with Crippen molar-refractivity contribution in [3.8, 4) is 11.8 Å². The number of ketones is 1. The van der Waals surface area contributed by atoms with Gasteiger partial charge in [0, 0.05) is 19.3 Å². The maximum absolute atomic E-state index is 10.6. The smallest absolute Gasteiger partial charge is 0.129 e. The Labute approximate surface area is 94.6 Å². The van der Waals surface area contributed by atoms with Crippen molar-refractivity contribution in [1.82, 2.24) is 0 Å². The standard InChI is InChI=1S/C14H24O/c1-3-4-5-6-7-8-9-10-11-12-13-14(2)15/h3-7,10-13H2,1-2H3. The third-order valence-electron chi connectivity index (χ3n) is 2.36. The van der Waals surface area contributed by atoms with E-state index in [-0.39, 0.29) is 0 Å². The summed E-state index contributed by atoms with van der Waals surface area (Å²) >= 11 is 0. The van der Waals surface area contributed by atoms with E-state index in [1.807, 2.05) is 0 Å². The SMILES string of the molecule is CCCCCCC#CCCCCC(C)=O. The molecule has 0 heterocycles. The van der Waals surface area contributed by atoms with Crippen LogP contribution in [-0.4, -0.2) is 5.78 Å². The monoisotopic (exact) mass is 208 g/mol. The fourth-order valence-electron chi connectivity index (χ4n) is 1.40. The molecular formula is C14H24O. The average Bonchev–Trinajstić information content (AvgIpc) is 2.20. The van der Waals surface area contributed by atoms with E-state index in [9.17, 15) is 4.79 Å². The lowest BCUT2D eigenvalue weighted by Crippen LogP contribution is -1.88. The second-order valence-corrected chi connectivity index (χ2v) is 4.07. The van der Waals surface area contributed by atoms with E-state index in [0.717, 1.165) is 32.1 Å². The maximum atomic E-state index is 10.6. The Balaban J connectivity index is 3.13. The summed E-state index contributed by atoms with van der Waals surface area (Å²) in [6.07, 6.45) is 9.98. The first-order chi connectivity index (χ1) is 7.27. The largest absolute Gasteiger partial charge is 0.300 e. The molecule has 0 rings (SSSR count). The highest BCUT2D eigenvalue weighted by atomic mass is 16.1. The highest BCUT2D eigenvalue weighted by molar-refractivity contribution is 5.75. The lowest BCUT2D eigenvalue weighted by atomic mass is 10.1. The van der Waals surface area contributed by atoms with Crippen molar-refractivity contribution < 1.29 is 4.79 Å². The van der Waals surface area contributed by atoms with Crippen molar-refractivity contribution >= 4 is 5.78 Å². The second kappa shape index (κ2) is 11.3. The molecule has 0 amide bonds. The van der Waals surface area contributed by atoms with E-state index in [1.54, 1.807) is 6.92 Å². The molecule has 0 unspecified atom stereocenters. The number of unbranched alkanes of at least 4 members (excludes halogenated alkanes) is 6. The van der Waals surface area contributed by atoms with Crippen LogP contribution in [0.2, 0.25) is 0 Å². The minimum absolute atomic E-state index is 0.294. The molecule has 0 bridgehead atoms. The average molecular weight is 208 g/mol. The Hall–Kier alpha value is -0.770. The topological polar surface area (TPSA) is 17.1 Å². The summed E-state index contributed by atoms with van der Waals surface area (Å²) in [6, 6.07) is 0. The van der Waals surface area contributed by atoms with Crippen LogP contribution in [0, 0.1) is 11.8 Å². The van der Waals surface area contributed by atoms with Crippen molar-refractivity contribution in [1.29, 1.82) is 0 Å². The van der Waals surface area contributed by atoms with Crippen LogP contribution in [0.15, 0.2) is 0 Å². The van der Waals surface area contributed by atoms with E-state index in [2.05, 4.69) is 18.8 Å². The summed E-state index contributed by atoms with van der Waals surface area (Å²) in [5, 5.41) is 0. The molecule has 0 aromatic heterocycles. The van der Waals surface area contributed by atoms with Gasteiger partial charge in [-0.2, -0.15) is 0 Å². The van der Waals surface area contributed by atoms with Gasteiger partial charge in [0.1, 0.15) is 5.78 Å². The Kier molecular flexibility index (Phi) is 10.7. The molecule has 0 radical (unpaired) electrons. The number of hydrogen-bond donors (Lipinski definition) is 0. The number of carbonyl (C=O) groups is 1. The second-order valence-electron chi connectivity index (χ2n) is 4.07. The molecule has 0 saturated carbocycles. The lowest BCUT2D eigenvalue weighted by molar-refractivity contribution is -0.117. The van der Waals surface area contributed by atoms with Crippen molar-refractivity contribution in [2.45, 2.75) is 71.6 Å². The molecule has 0 aliphatic carbocycles. The molecule has 0 aromatic rings. The summed E-state index contributed by atoms with van der Waals surface area (Å²) in [5.74, 6) is 6.67. The van der Waals surface area contributed by atoms with Gasteiger partial charge < -0.3 is 4.79 Å². The fourth-order valence-corrected chi connectivity index (χ4v) is 1.40. The molecule has 0 aromatic carbocycles. The zero-order chi connectivity index (χ0) is 11.4. The third-order valence-corrected chi connectivity index (χ3v) is 2.36. The van der Waals surface area contributed by atoms with Crippen LogP contribution < -0.4 is 0 Å². The molecule has 0 spiro atoms. The summed E-state index contributed by atoms with van der Waals surface area (Å²) in [4.78, 5) is 10.6. The summed E-state index contributed by atoms with van der Waals surface area (Å²) < 4.78 is 0. The molecule has 15 heavy (non-hydrogen) atoms. The fraction of sp³-hybridized carbons (Fsp3) is 0.786. The van der Waals surface area contributed by atoms with E-state index >= 15 is 0 Å². The van der Waals surface area contributed by atoms with Crippen LogP contribution in [0.5, 0.6) is 0 Å². The quantitative estimate of drug-likeness (QED) is 0.433. The first kappa shape index (κ1) is 14.2. The first-order valence-electron chi connectivity index (χ1n) is 6.22. The normalized spacial score (nSPS) is 9.47. The Morgan fingerprint density at radius 3 is 2.07 bits per heavy atom. The zero-order valence-electron chi connectivity index (χ0n) is 10.3. The van der Waals surface area contributed by atoms with Crippen LogP contribution in [0.4, 0.5) is 0 Å². The van der Waals surface area contributed by atoms with Crippen LogP contribution >= 0.6 is 0 Å². The van der Waals surface area contributed by atoms with Gasteiger partial charge in [-0.15, -0.1) is 11.8 Å². The van der Waals surface area contributed by atoms with E-state index in [1.165, 1.54) is 25.7 Å². The molecule has 0 atom stereocenters. The van der Waals surface area contributed by atoms with E-state index < -0.39 is 0 Å². The molecule has 1 nitrogen and oxygen atoms in total. The van der Waals surface area contributed by atoms with Crippen LogP contribution in [0.25, 0.3) is 0 Å². The summed E-state index contributed by atoms with van der Waals surface area (Å²) in [5.41, 5.74) is 0. The number of carbonyl (C=O) groups excluding carboxylic acids is 1. The number of Topliss-reactive ketones (excluding diaryl/α,β-unsaturated/α-hetero) is 1. The van der Waals surface area contributed by atoms with Gasteiger partial charge in [0.05, 0.1) is 0 Å². The third kappa shape index (κ3) is 13.2. The molecule has 1 heteroatoms. The van der Waals surface area contributed by atoms with Gasteiger partial charge in [0.15, 0.2) is 0 Å². The molecule has 0 fully saturated rings. The number of rotatable bonds is 8. The highest BCUT2D eigenvalue weighted by Gasteiger charge is 1.91. The molecular weight excluding hydrogens is 184 g/mol. The highest BCUT2D eigenvalue weighted by Crippen LogP contribution is 2.02. The van der Waals surface area contributed by atoms with Gasteiger partial charge in [-0.25, -0.2) is 0 Å². The minimum Gasteiger partial charge on any atom is -0.300 e. The van der Waals surface area contributed by atoms with Gasteiger partial charge in [0.2, 0.25) is 0 Å². The van der Waals surface area contributed by atoms with Gasteiger partial charge in [-0.1, -0.05) is 26.2 Å². The molecule has 0 N–H and O–H groups in total. The van der Waals surface area contributed by atoms with E-state index in [0.29, 0.717) is 5.78 Å². The molecule has 0 aliphatic rings. The van der Waals surface area contributed by atoms with Gasteiger partial charge in [-0.3, -0.25) is 0 Å². The minimum atomic E-state index is 0.294. The van der Waals surface area contributed by atoms with Crippen molar-refractivity contribution in [3.05, 3.63) is 0 Å². The summed E-state index contributed by atoms with van der Waals surface area (Å²) in [7, 11) is 0. The predicted molar refractivity (Wildman–Crippen MR) is 65.7 cm³/mol.